The number of imidazole rings is 1. The molecule has 1 saturated heterocycles. The predicted octanol–water partition coefficient (Wildman–Crippen LogP) is 3.73. The third-order valence-corrected chi connectivity index (χ3v) is 4.84. The van der Waals surface area contributed by atoms with Crippen molar-refractivity contribution in [1.29, 1.82) is 0 Å². The summed E-state index contributed by atoms with van der Waals surface area (Å²) in [5, 5.41) is 6.16. The van der Waals surface area contributed by atoms with Gasteiger partial charge in [-0.3, -0.25) is 0 Å². The van der Waals surface area contributed by atoms with Crippen LogP contribution < -0.4 is 15.5 Å². The van der Waals surface area contributed by atoms with E-state index in [1.165, 1.54) is 12.1 Å². The Bertz CT molecular complexity index is 1200. The van der Waals surface area contributed by atoms with Gasteiger partial charge in [0.25, 0.3) is 0 Å². The van der Waals surface area contributed by atoms with Crippen LogP contribution in [0.1, 0.15) is 0 Å². The molecule has 4 aromatic rings. The van der Waals surface area contributed by atoms with Crippen LogP contribution in [0.5, 0.6) is 0 Å². The van der Waals surface area contributed by atoms with Gasteiger partial charge in [0.2, 0.25) is 5.95 Å². The van der Waals surface area contributed by atoms with Crippen LogP contribution in [0.2, 0.25) is 0 Å². The van der Waals surface area contributed by atoms with E-state index in [2.05, 4.69) is 30.5 Å². The molecule has 0 atom stereocenters. The standard InChI is InChI=1S/C21H19F2N7O/c22-14-9-15(23)11-17(10-14)26-21-27-18(13-20(28-21)30-5-7-31-8-6-30)25-16-1-3-29-4-2-24-19(29)12-16/h1-4,9-13H,5-8H2,(H2,25,26,27,28). The van der Waals surface area contributed by atoms with Crippen molar-refractivity contribution < 1.29 is 13.5 Å². The Morgan fingerprint density at radius 1 is 0.871 bits per heavy atom. The quantitative estimate of drug-likeness (QED) is 0.506. The minimum absolute atomic E-state index is 0.221. The number of anilines is 5. The number of hydrogen-bond donors (Lipinski definition) is 2. The molecule has 0 amide bonds. The molecule has 5 rings (SSSR count). The zero-order valence-electron chi connectivity index (χ0n) is 16.4. The second-order valence-corrected chi connectivity index (χ2v) is 7.05. The number of nitrogens with zero attached hydrogens (tertiary/aromatic N) is 5. The first kappa shape index (κ1) is 19.2. The smallest absolute Gasteiger partial charge is 0.231 e. The highest BCUT2D eigenvalue weighted by Crippen LogP contribution is 2.25. The number of hydrogen-bond acceptors (Lipinski definition) is 7. The molecule has 0 unspecified atom stereocenters. The number of fused-ring (bicyclic) bond motifs is 1. The molecule has 2 N–H and O–H groups in total. The fourth-order valence-corrected chi connectivity index (χ4v) is 3.40. The topological polar surface area (TPSA) is 79.6 Å². The molecule has 1 aliphatic rings. The molecule has 0 spiro atoms. The average molecular weight is 423 g/mol. The minimum Gasteiger partial charge on any atom is -0.378 e. The van der Waals surface area contributed by atoms with Gasteiger partial charge in [-0.05, 0) is 18.2 Å². The second-order valence-electron chi connectivity index (χ2n) is 7.05. The maximum atomic E-state index is 13.6. The summed E-state index contributed by atoms with van der Waals surface area (Å²) in [5.41, 5.74) is 1.82. The Morgan fingerprint density at radius 3 is 2.48 bits per heavy atom. The van der Waals surface area contributed by atoms with E-state index in [1.807, 2.05) is 35.0 Å². The Labute approximate surface area is 176 Å². The Balaban J connectivity index is 1.48. The number of ether oxygens (including phenoxy) is 1. The molecule has 158 valence electrons. The molecule has 1 aliphatic heterocycles. The third-order valence-electron chi connectivity index (χ3n) is 4.84. The van der Waals surface area contributed by atoms with Gasteiger partial charge in [-0.2, -0.15) is 9.97 Å². The zero-order chi connectivity index (χ0) is 21.2. The summed E-state index contributed by atoms with van der Waals surface area (Å²) in [7, 11) is 0. The summed E-state index contributed by atoms with van der Waals surface area (Å²) >= 11 is 0. The van der Waals surface area contributed by atoms with Crippen LogP contribution >= 0.6 is 0 Å². The zero-order valence-corrected chi connectivity index (χ0v) is 16.4. The molecule has 3 aromatic heterocycles. The van der Waals surface area contributed by atoms with Gasteiger partial charge in [0.1, 0.15) is 28.9 Å². The van der Waals surface area contributed by atoms with Gasteiger partial charge in [-0.1, -0.05) is 0 Å². The van der Waals surface area contributed by atoms with Crippen molar-refractivity contribution in [3.8, 4) is 0 Å². The number of nitrogens with one attached hydrogen (secondary N) is 2. The van der Waals surface area contributed by atoms with Crippen LogP contribution in [-0.2, 0) is 4.74 Å². The molecule has 1 fully saturated rings. The van der Waals surface area contributed by atoms with E-state index in [0.717, 1.165) is 17.4 Å². The van der Waals surface area contributed by atoms with Crippen molar-refractivity contribution in [3.05, 3.63) is 66.6 Å². The number of pyridine rings is 1. The summed E-state index contributed by atoms with van der Waals surface area (Å²) in [6, 6.07) is 8.82. The molecule has 0 saturated carbocycles. The number of rotatable bonds is 5. The number of morpholine rings is 1. The Morgan fingerprint density at radius 2 is 1.68 bits per heavy atom. The molecule has 10 heteroatoms. The molecule has 4 heterocycles. The van der Waals surface area contributed by atoms with Gasteiger partial charge in [0.05, 0.1) is 13.2 Å². The van der Waals surface area contributed by atoms with E-state index in [4.69, 9.17) is 4.74 Å². The monoisotopic (exact) mass is 423 g/mol. The summed E-state index contributed by atoms with van der Waals surface area (Å²) in [6.07, 6.45) is 5.48. The molecule has 1 aromatic carbocycles. The van der Waals surface area contributed by atoms with Crippen LogP contribution in [0.3, 0.4) is 0 Å². The summed E-state index contributed by atoms with van der Waals surface area (Å²) < 4.78 is 34.5. The van der Waals surface area contributed by atoms with Crippen molar-refractivity contribution in [2.24, 2.45) is 0 Å². The highest BCUT2D eigenvalue weighted by Gasteiger charge is 2.16. The molecule has 0 bridgehead atoms. The second kappa shape index (κ2) is 8.15. The molecular formula is C21H19F2N7O. The Kier molecular flexibility index (Phi) is 5.04. The SMILES string of the molecule is Fc1cc(F)cc(Nc2nc(Nc3ccn4ccnc4c3)cc(N3CCOCC3)n2)c1. The highest BCUT2D eigenvalue weighted by atomic mass is 19.1. The number of aromatic nitrogens is 4. The van der Waals surface area contributed by atoms with Crippen molar-refractivity contribution in [2.45, 2.75) is 0 Å². The third kappa shape index (κ3) is 4.38. The van der Waals surface area contributed by atoms with E-state index in [0.29, 0.717) is 37.9 Å². The molecular weight excluding hydrogens is 404 g/mol. The van der Waals surface area contributed by atoms with Crippen LogP contribution in [0, 0.1) is 11.6 Å². The van der Waals surface area contributed by atoms with Gasteiger partial charge < -0.3 is 24.7 Å². The lowest BCUT2D eigenvalue weighted by molar-refractivity contribution is 0.122. The fourth-order valence-electron chi connectivity index (χ4n) is 3.40. The summed E-state index contributed by atoms with van der Waals surface area (Å²) in [4.78, 5) is 15.4. The molecule has 0 aliphatic carbocycles. The van der Waals surface area contributed by atoms with E-state index in [1.54, 1.807) is 6.20 Å². The van der Waals surface area contributed by atoms with Crippen LogP contribution in [0.15, 0.2) is 55.0 Å². The lowest BCUT2D eigenvalue weighted by Gasteiger charge is -2.28. The molecule has 31 heavy (non-hydrogen) atoms. The normalized spacial score (nSPS) is 14.1. The fraction of sp³-hybridized carbons (Fsp3) is 0.190. The van der Waals surface area contributed by atoms with Gasteiger partial charge in [-0.15, -0.1) is 0 Å². The lowest BCUT2D eigenvalue weighted by atomic mass is 10.3. The maximum Gasteiger partial charge on any atom is 0.231 e. The largest absolute Gasteiger partial charge is 0.378 e. The van der Waals surface area contributed by atoms with E-state index < -0.39 is 11.6 Å². The van der Waals surface area contributed by atoms with Crippen molar-refractivity contribution >= 4 is 34.6 Å². The first-order valence-corrected chi connectivity index (χ1v) is 9.77. The van der Waals surface area contributed by atoms with Gasteiger partial charge >= 0.3 is 0 Å². The van der Waals surface area contributed by atoms with Crippen molar-refractivity contribution in [1.82, 2.24) is 19.4 Å². The van der Waals surface area contributed by atoms with Crippen LogP contribution in [0.25, 0.3) is 5.65 Å². The van der Waals surface area contributed by atoms with E-state index in [9.17, 15) is 8.78 Å². The van der Waals surface area contributed by atoms with Crippen LogP contribution in [0.4, 0.5) is 37.7 Å². The maximum absolute atomic E-state index is 13.6. The highest BCUT2D eigenvalue weighted by molar-refractivity contribution is 5.66. The summed E-state index contributed by atoms with van der Waals surface area (Å²) in [6.45, 7) is 2.57. The predicted molar refractivity (Wildman–Crippen MR) is 113 cm³/mol. The first-order valence-electron chi connectivity index (χ1n) is 9.77. The van der Waals surface area contributed by atoms with Crippen molar-refractivity contribution in [2.75, 3.05) is 41.8 Å². The number of benzene rings is 1. The summed E-state index contributed by atoms with van der Waals surface area (Å²) in [5.74, 6) is 0.0728. The number of halogens is 2. The van der Waals surface area contributed by atoms with Gasteiger partial charge in [0, 0.05) is 61.3 Å². The minimum atomic E-state index is -0.682. The van der Waals surface area contributed by atoms with Crippen LogP contribution in [-0.4, -0.2) is 45.7 Å². The van der Waals surface area contributed by atoms with Gasteiger partial charge in [-0.25, -0.2) is 13.8 Å². The van der Waals surface area contributed by atoms with Gasteiger partial charge in [0.15, 0.2) is 0 Å². The first-order chi connectivity index (χ1) is 15.1. The Hall–Kier alpha value is -3.79. The van der Waals surface area contributed by atoms with E-state index >= 15 is 0 Å². The average Bonchev–Trinajstić information content (AvgIpc) is 3.21. The lowest BCUT2D eigenvalue weighted by Crippen LogP contribution is -2.36. The van der Waals surface area contributed by atoms with Crippen molar-refractivity contribution in [3.63, 3.8) is 0 Å². The molecule has 0 radical (unpaired) electrons. The van der Waals surface area contributed by atoms with E-state index in [-0.39, 0.29) is 11.6 Å². The molecule has 8 nitrogen and oxygen atoms in total.